The summed E-state index contributed by atoms with van der Waals surface area (Å²) in [7, 11) is -2.93. The Balaban J connectivity index is 1.97. The molecule has 1 saturated heterocycles. The van der Waals surface area contributed by atoms with Gasteiger partial charge in [-0.1, -0.05) is 19.8 Å². The fraction of sp³-hybridized carbons (Fsp3) is 0.938. The van der Waals surface area contributed by atoms with Crippen molar-refractivity contribution in [2.45, 2.75) is 64.3 Å². The minimum absolute atomic E-state index is 0.160. The number of likely N-dealkylation sites (tertiary alicyclic amines) is 1. The van der Waals surface area contributed by atoms with Crippen molar-refractivity contribution in [1.29, 1.82) is 0 Å². The van der Waals surface area contributed by atoms with E-state index in [0.29, 0.717) is 24.8 Å². The van der Waals surface area contributed by atoms with Crippen LogP contribution in [0.3, 0.4) is 0 Å². The first kappa shape index (κ1) is 16.9. The molecule has 2 rings (SSSR count). The molecule has 122 valence electrons. The van der Waals surface area contributed by atoms with E-state index in [-0.39, 0.29) is 17.4 Å². The number of hydrogen-bond acceptors (Lipinski definition) is 4. The van der Waals surface area contributed by atoms with Gasteiger partial charge >= 0.3 is 0 Å². The number of ketones is 1. The predicted molar refractivity (Wildman–Crippen MR) is 85.1 cm³/mol. The molecular formula is C16H29NO3S. The number of Topliss-reactive ketones (excluding diaryl/α,β-unsaturated/α-hetero) is 1. The second-order valence-corrected chi connectivity index (χ2v) is 8.87. The Morgan fingerprint density at radius 2 is 1.86 bits per heavy atom. The summed E-state index contributed by atoms with van der Waals surface area (Å²) >= 11 is 0. The summed E-state index contributed by atoms with van der Waals surface area (Å²) in [5, 5.41) is 0. The van der Waals surface area contributed by atoms with Crippen molar-refractivity contribution in [3.8, 4) is 0 Å². The molecule has 0 radical (unpaired) electrons. The first-order valence-electron chi connectivity index (χ1n) is 8.50. The van der Waals surface area contributed by atoms with Crippen LogP contribution in [-0.2, 0) is 14.6 Å². The minimum atomic E-state index is -2.93. The van der Waals surface area contributed by atoms with E-state index in [2.05, 4.69) is 4.90 Å². The third kappa shape index (κ3) is 4.78. The molecule has 0 spiro atoms. The van der Waals surface area contributed by atoms with Gasteiger partial charge in [-0.3, -0.25) is 9.69 Å². The molecule has 2 aliphatic rings. The maximum Gasteiger partial charge on any atom is 0.151 e. The van der Waals surface area contributed by atoms with Gasteiger partial charge in [0.1, 0.15) is 5.78 Å². The largest absolute Gasteiger partial charge is 0.299 e. The van der Waals surface area contributed by atoms with Crippen molar-refractivity contribution in [3.05, 3.63) is 0 Å². The van der Waals surface area contributed by atoms with E-state index in [1.165, 1.54) is 6.42 Å². The SMILES string of the molecule is CCCS(=O)(=O)CCN1CCCCC1C1CCCCC1=O. The van der Waals surface area contributed by atoms with Crippen molar-refractivity contribution in [3.63, 3.8) is 0 Å². The van der Waals surface area contributed by atoms with E-state index >= 15 is 0 Å². The lowest BCUT2D eigenvalue weighted by atomic mass is 9.79. The number of nitrogens with zero attached hydrogens (tertiary/aromatic N) is 1. The zero-order valence-electron chi connectivity index (χ0n) is 13.2. The Labute approximate surface area is 129 Å². The molecule has 2 atom stereocenters. The molecule has 0 aromatic carbocycles. The molecule has 0 aromatic heterocycles. The van der Waals surface area contributed by atoms with Crippen LogP contribution in [0.5, 0.6) is 0 Å². The summed E-state index contributed by atoms with van der Waals surface area (Å²) in [5.41, 5.74) is 0. The smallest absolute Gasteiger partial charge is 0.151 e. The Kier molecular flexibility index (Phi) is 6.23. The van der Waals surface area contributed by atoms with Gasteiger partial charge in [-0.05, 0) is 38.6 Å². The molecule has 2 fully saturated rings. The molecule has 2 unspecified atom stereocenters. The summed E-state index contributed by atoms with van der Waals surface area (Å²) in [6.45, 7) is 3.47. The molecule has 1 aliphatic carbocycles. The van der Waals surface area contributed by atoms with Crippen LogP contribution in [0, 0.1) is 5.92 Å². The zero-order valence-corrected chi connectivity index (χ0v) is 14.0. The van der Waals surface area contributed by atoms with Crippen LogP contribution in [0.15, 0.2) is 0 Å². The Hall–Kier alpha value is -0.420. The Morgan fingerprint density at radius 1 is 1.10 bits per heavy atom. The predicted octanol–water partition coefficient (Wildman–Crippen LogP) is 2.43. The fourth-order valence-electron chi connectivity index (χ4n) is 3.84. The maximum atomic E-state index is 12.2. The first-order valence-corrected chi connectivity index (χ1v) is 10.3. The van der Waals surface area contributed by atoms with Crippen LogP contribution in [0.25, 0.3) is 0 Å². The van der Waals surface area contributed by atoms with Crippen molar-refractivity contribution in [2.24, 2.45) is 5.92 Å². The van der Waals surface area contributed by atoms with Gasteiger partial charge in [0.15, 0.2) is 9.84 Å². The highest BCUT2D eigenvalue weighted by Crippen LogP contribution is 2.31. The van der Waals surface area contributed by atoms with Crippen LogP contribution in [0.1, 0.15) is 58.3 Å². The van der Waals surface area contributed by atoms with Crippen LogP contribution in [-0.4, -0.2) is 49.7 Å². The second kappa shape index (κ2) is 7.73. The van der Waals surface area contributed by atoms with Gasteiger partial charge in [0.2, 0.25) is 0 Å². The highest BCUT2D eigenvalue weighted by atomic mass is 32.2. The van der Waals surface area contributed by atoms with Crippen LogP contribution >= 0.6 is 0 Å². The number of piperidine rings is 1. The normalized spacial score (nSPS) is 28.7. The summed E-state index contributed by atoms with van der Waals surface area (Å²) in [5.74, 6) is 1.11. The van der Waals surface area contributed by atoms with Gasteiger partial charge in [-0.15, -0.1) is 0 Å². The molecule has 0 aromatic rings. The standard InChI is InChI=1S/C16H29NO3S/c1-2-12-21(19,20)13-11-17-10-6-5-8-15(17)14-7-3-4-9-16(14)18/h14-15H,2-13H2,1H3. The number of carbonyl (C=O) groups excluding carboxylic acids is 1. The Bertz CT molecular complexity index is 446. The third-order valence-corrected chi connectivity index (χ3v) is 6.77. The van der Waals surface area contributed by atoms with Crippen molar-refractivity contribution < 1.29 is 13.2 Å². The average Bonchev–Trinajstić information content (AvgIpc) is 2.46. The lowest BCUT2D eigenvalue weighted by Gasteiger charge is -2.41. The summed E-state index contributed by atoms with van der Waals surface area (Å²) in [6, 6.07) is 0.295. The van der Waals surface area contributed by atoms with Crippen LogP contribution in [0.4, 0.5) is 0 Å². The van der Waals surface area contributed by atoms with Gasteiger partial charge in [0, 0.05) is 30.7 Å². The van der Waals surface area contributed by atoms with Gasteiger partial charge in [0.25, 0.3) is 0 Å². The fourth-order valence-corrected chi connectivity index (χ4v) is 5.18. The van der Waals surface area contributed by atoms with Crippen LogP contribution in [0.2, 0.25) is 0 Å². The number of rotatable bonds is 6. The first-order chi connectivity index (χ1) is 10.0. The molecule has 0 amide bonds. The van der Waals surface area contributed by atoms with Gasteiger partial charge < -0.3 is 0 Å². The second-order valence-electron chi connectivity index (χ2n) is 6.57. The maximum absolute atomic E-state index is 12.2. The van der Waals surface area contributed by atoms with Crippen molar-refractivity contribution in [2.75, 3.05) is 24.6 Å². The lowest BCUT2D eigenvalue weighted by molar-refractivity contribution is -0.127. The van der Waals surface area contributed by atoms with Gasteiger partial charge in [-0.25, -0.2) is 8.42 Å². The van der Waals surface area contributed by atoms with Gasteiger partial charge in [-0.2, -0.15) is 0 Å². The Morgan fingerprint density at radius 3 is 2.57 bits per heavy atom. The lowest BCUT2D eigenvalue weighted by Crippen LogP contribution is -2.49. The van der Waals surface area contributed by atoms with E-state index in [0.717, 1.165) is 45.1 Å². The zero-order chi connectivity index (χ0) is 15.3. The number of hydrogen-bond donors (Lipinski definition) is 0. The average molecular weight is 315 g/mol. The molecular weight excluding hydrogens is 286 g/mol. The van der Waals surface area contributed by atoms with E-state index in [4.69, 9.17) is 0 Å². The molecule has 0 N–H and O–H groups in total. The summed E-state index contributed by atoms with van der Waals surface area (Å²) in [6.07, 6.45) is 7.96. The van der Waals surface area contributed by atoms with E-state index in [9.17, 15) is 13.2 Å². The third-order valence-electron chi connectivity index (χ3n) is 4.94. The molecule has 21 heavy (non-hydrogen) atoms. The highest BCUT2D eigenvalue weighted by Gasteiger charge is 2.35. The molecule has 0 bridgehead atoms. The number of carbonyl (C=O) groups is 1. The van der Waals surface area contributed by atoms with E-state index in [1.54, 1.807) is 0 Å². The molecule has 4 nitrogen and oxygen atoms in total. The number of sulfone groups is 1. The van der Waals surface area contributed by atoms with Crippen LogP contribution < -0.4 is 0 Å². The quantitative estimate of drug-likeness (QED) is 0.755. The topological polar surface area (TPSA) is 54.5 Å². The molecule has 1 saturated carbocycles. The molecule has 1 heterocycles. The highest BCUT2D eigenvalue weighted by molar-refractivity contribution is 7.91. The van der Waals surface area contributed by atoms with Crippen molar-refractivity contribution >= 4 is 15.6 Å². The van der Waals surface area contributed by atoms with E-state index < -0.39 is 9.84 Å². The summed E-state index contributed by atoms with van der Waals surface area (Å²) < 4.78 is 23.9. The van der Waals surface area contributed by atoms with Gasteiger partial charge in [0.05, 0.1) is 5.75 Å². The van der Waals surface area contributed by atoms with Crippen molar-refractivity contribution in [1.82, 2.24) is 4.90 Å². The minimum Gasteiger partial charge on any atom is -0.299 e. The molecule has 5 heteroatoms. The molecule has 1 aliphatic heterocycles. The monoisotopic (exact) mass is 315 g/mol. The van der Waals surface area contributed by atoms with E-state index in [1.807, 2.05) is 6.92 Å². The summed E-state index contributed by atoms with van der Waals surface area (Å²) in [4.78, 5) is 14.5.